The van der Waals surface area contributed by atoms with E-state index >= 15 is 0 Å². The van der Waals surface area contributed by atoms with Gasteiger partial charge >= 0.3 is 0 Å². The molecule has 3 rings (SSSR count). The molecule has 1 aliphatic heterocycles. The van der Waals surface area contributed by atoms with Crippen LogP contribution in [0.2, 0.25) is 5.02 Å². The van der Waals surface area contributed by atoms with Gasteiger partial charge in [-0.3, -0.25) is 4.79 Å². The summed E-state index contributed by atoms with van der Waals surface area (Å²) in [5.41, 5.74) is 3.65. The molecule has 1 fully saturated rings. The summed E-state index contributed by atoms with van der Waals surface area (Å²) in [4.78, 5) is 14.9. The maximum absolute atomic E-state index is 13.0. The molecule has 0 aromatic heterocycles. The molecule has 138 valence electrons. The number of halogens is 1. The second kappa shape index (κ2) is 7.05. The summed E-state index contributed by atoms with van der Waals surface area (Å²) >= 11 is 5.85. The van der Waals surface area contributed by atoms with E-state index in [2.05, 4.69) is 0 Å². The maximum Gasteiger partial charge on any atom is 0.254 e. The number of carbonyl (C=O) groups is 1. The average Bonchev–Trinajstić information content (AvgIpc) is 3.05. The Hall–Kier alpha value is -1.85. The third-order valence-electron chi connectivity index (χ3n) is 4.90. The van der Waals surface area contributed by atoms with E-state index < -0.39 is 15.1 Å². The van der Waals surface area contributed by atoms with Crippen molar-refractivity contribution in [3.05, 3.63) is 63.7 Å². The first-order valence-corrected chi connectivity index (χ1v) is 10.5. The van der Waals surface area contributed by atoms with Gasteiger partial charge in [-0.05, 0) is 62.6 Å². The summed E-state index contributed by atoms with van der Waals surface area (Å²) < 4.78 is 25.7. The van der Waals surface area contributed by atoms with Gasteiger partial charge in [-0.1, -0.05) is 29.3 Å². The third kappa shape index (κ3) is 3.51. The van der Waals surface area contributed by atoms with Gasteiger partial charge in [-0.2, -0.15) is 0 Å². The lowest BCUT2D eigenvalue weighted by Gasteiger charge is -2.20. The quantitative estimate of drug-likeness (QED) is 0.795. The van der Waals surface area contributed by atoms with Crippen molar-refractivity contribution in [3.8, 4) is 0 Å². The lowest BCUT2D eigenvalue weighted by Crippen LogP contribution is -2.32. The monoisotopic (exact) mass is 391 g/mol. The molecule has 1 amide bonds. The van der Waals surface area contributed by atoms with Gasteiger partial charge in [0.1, 0.15) is 0 Å². The minimum Gasteiger partial charge on any atom is -0.337 e. The minimum absolute atomic E-state index is 0.0891. The summed E-state index contributed by atoms with van der Waals surface area (Å²) in [5, 5.41) is -0.0869. The molecule has 1 atom stereocenters. The highest BCUT2D eigenvalue weighted by Gasteiger charge is 2.36. The first-order chi connectivity index (χ1) is 12.2. The normalized spacial score (nSPS) is 17.5. The molecule has 1 saturated heterocycles. The van der Waals surface area contributed by atoms with Crippen LogP contribution in [0.3, 0.4) is 0 Å². The molecule has 1 aliphatic rings. The number of aryl methyl sites for hydroxylation is 3. The van der Waals surface area contributed by atoms with Crippen molar-refractivity contribution in [3.63, 3.8) is 0 Å². The van der Waals surface area contributed by atoms with Crippen LogP contribution >= 0.6 is 11.6 Å². The predicted molar refractivity (Wildman–Crippen MR) is 104 cm³/mol. The van der Waals surface area contributed by atoms with Crippen LogP contribution in [0.4, 0.5) is 0 Å². The van der Waals surface area contributed by atoms with Crippen molar-refractivity contribution in [1.82, 2.24) is 4.90 Å². The Morgan fingerprint density at radius 2 is 1.65 bits per heavy atom. The van der Waals surface area contributed by atoms with Crippen LogP contribution in [-0.4, -0.2) is 37.6 Å². The van der Waals surface area contributed by atoms with Gasteiger partial charge in [0.25, 0.3) is 5.91 Å². The van der Waals surface area contributed by atoms with Crippen molar-refractivity contribution < 1.29 is 13.2 Å². The summed E-state index contributed by atoms with van der Waals surface area (Å²) in [5.74, 6) is -0.0891. The highest BCUT2D eigenvalue weighted by Crippen LogP contribution is 2.27. The minimum atomic E-state index is -3.48. The van der Waals surface area contributed by atoms with E-state index in [1.165, 1.54) is 12.1 Å². The van der Waals surface area contributed by atoms with Gasteiger partial charge < -0.3 is 4.90 Å². The van der Waals surface area contributed by atoms with Gasteiger partial charge in [0.05, 0.1) is 10.1 Å². The Morgan fingerprint density at radius 3 is 2.23 bits per heavy atom. The molecule has 0 N–H and O–H groups in total. The van der Waals surface area contributed by atoms with Crippen LogP contribution in [0.1, 0.15) is 33.5 Å². The van der Waals surface area contributed by atoms with Crippen molar-refractivity contribution >= 4 is 27.3 Å². The van der Waals surface area contributed by atoms with Crippen LogP contribution in [0, 0.1) is 20.8 Å². The molecule has 0 bridgehead atoms. The molecule has 2 aromatic rings. The molecule has 4 nitrogen and oxygen atoms in total. The second-order valence-electron chi connectivity index (χ2n) is 6.93. The number of benzene rings is 2. The largest absolute Gasteiger partial charge is 0.337 e. The number of hydrogen-bond donors (Lipinski definition) is 0. The first-order valence-electron chi connectivity index (χ1n) is 8.56. The molecule has 1 heterocycles. The zero-order valence-corrected chi connectivity index (χ0v) is 16.7. The van der Waals surface area contributed by atoms with E-state index in [-0.39, 0.29) is 17.3 Å². The van der Waals surface area contributed by atoms with E-state index in [0.717, 1.165) is 16.7 Å². The predicted octanol–water partition coefficient (Wildman–Crippen LogP) is 3.95. The highest BCUT2D eigenvalue weighted by atomic mass is 35.5. The van der Waals surface area contributed by atoms with Gasteiger partial charge in [0.15, 0.2) is 9.84 Å². The van der Waals surface area contributed by atoms with Crippen LogP contribution in [0.15, 0.2) is 41.3 Å². The molecule has 26 heavy (non-hydrogen) atoms. The zero-order valence-electron chi connectivity index (χ0n) is 15.1. The number of nitrogens with zero attached hydrogens (tertiary/aromatic N) is 1. The number of hydrogen-bond acceptors (Lipinski definition) is 3. The van der Waals surface area contributed by atoms with Crippen molar-refractivity contribution in [2.75, 3.05) is 13.1 Å². The SMILES string of the molecule is Cc1cc(C)c(C(=O)N2CCC(S(=O)(=O)c3ccc(Cl)cc3)C2)c(C)c1. The summed E-state index contributed by atoms with van der Waals surface area (Å²) in [6.45, 7) is 6.51. The topological polar surface area (TPSA) is 54.5 Å². The van der Waals surface area contributed by atoms with Gasteiger partial charge in [-0.25, -0.2) is 8.42 Å². The van der Waals surface area contributed by atoms with Gasteiger partial charge in [0.2, 0.25) is 0 Å². The Kier molecular flexibility index (Phi) is 5.13. The van der Waals surface area contributed by atoms with E-state index in [0.29, 0.717) is 23.6 Å². The number of rotatable bonds is 3. The molecular weight excluding hydrogens is 370 g/mol. The third-order valence-corrected chi connectivity index (χ3v) is 7.35. The van der Waals surface area contributed by atoms with E-state index in [1.54, 1.807) is 17.0 Å². The summed E-state index contributed by atoms with van der Waals surface area (Å²) in [7, 11) is -3.48. The standard InChI is InChI=1S/C20H22ClNO3S/c1-13-10-14(2)19(15(3)11-13)20(23)22-9-8-18(12-22)26(24,25)17-6-4-16(21)5-7-17/h4-7,10-11,18H,8-9,12H2,1-3H3. The lowest BCUT2D eigenvalue weighted by molar-refractivity contribution is 0.0791. The zero-order chi connectivity index (χ0) is 19.1. The highest BCUT2D eigenvalue weighted by molar-refractivity contribution is 7.92. The van der Waals surface area contributed by atoms with Crippen molar-refractivity contribution in [2.45, 2.75) is 37.3 Å². The van der Waals surface area contributed by atoms with Gasteiger partial charge in [-0.15, -0.1) is 0 Å². The second-order valence-corrected chi connectivity index (χ2v) is 9.60. The van der Waals surface area contributed by atoms with Crippen molar-refractivity contribution in [2.24, 2.45) is 0 Å². The number of amides is 1. The number of carbonyl (C=O) groups excluding carboxylic acids is 1. The molecule has 0 saturated carbocycles. The molecular formula is C20H22ClNO3S. The number of sulfone groups is 1. The van der Waals surface area contributed by atoms with Crippen LogP contribution in [0.25, 0.3) is 0 Å². The molecule has 2 aromatic carbocycles. The Balaban J connectivity index is 1.82. The Bertz CT molecular complexity index is 929. The van der Waals surface area contributed by atoms with E-state index in [4.69, 9.17) is 11.6 Å². The maximum atomic E-state index is 13.0. The van der Waals surface area contributed by atoms with Crippen molar-refractivity contribution in [1.29, 1.82) is 0 Å². The average molecular weight is 392 g/mol. The van der Waals surface area contributed by atoms with E-state index in [9.17, 15) is 13.2 Å². The molecule has 0 radical (unpaired) electrons. The van der Waals surface area contributed by atoms with Gasteiger partial charge in [0, 0.05) is 23.7 Å². The Labute approximate surface area is 159 Å². The van der Waals surface area contributed by atoms with Crippen LogP contribution in [0.5, 0.6) is 0 Å². The molecule has 1 unspecified atom stereocenters. The fourth-order valence-corrected chi connectivity index (χ4v) is 5.48. The fraction of sp³-hybridized carbons (Fsp3) is 0.350. The van der Waals surface area contributed by atoms with E-state index in [1.807, 2.05) is 32.9 Å². The molecule has 0 spiro atoms. The molecule has 6 heteroatoms. The lowest BCUT2D eigenvalue weighted by atomic mass is 9.99. The first kappa shape index (κ1) is 18.9. The molecule has 0 aliphatic carbocycles. The van der Waals surface area contributed by atoms with Crippen LogP contribution in [-0.2, 0) is 9.84 Å². The van der Waals surface area contributed by atoms with Crippen LogP contribution < -0.4 is 0 Å². The fourth-order valence-electron chi connectivity index (χ4n) is 3.66. The smallest absolute Gasteiger partial charge is 0.254 e. The Morgan fingerprint density at radius 1 is 1.08 bits per heavy atom. The summed E-state index contributed by atoms with van der Waals surface area (Å²) in [6.07, 6.45) is 0.445. The number of likely N-dealkylation sites (tertiary alicyclic amines) is 1. The summed E-state index contributed by atoms with van der Waals surface area (Å²) in [6, 6.07) is 10.2.